The van der Waals surface area contributed by atoms with Crippen LogP contribution in [-0.2, 0) is 24.2 Å². The molecule has 0 aromatic carbocycles. The summed E-state index contributed by atoms with van der Waals surface area (Å²) >= 11 is 0. The Kier molecular flexibility index (Phi) is 4.07. The molecular weight excluding hydrogens is 266 g/mol. The summed E-state index contributed by atoms with van der Waals surface area (Å²) in [6, 6.07) is 2.42. The van der Waals surface area contributed by atoms with Gasteiger partial charge in [0.25, 0.3) is 0 Å². The molecule has 1 aliphatic rings. The zero-order chi connectivity index (χ0) is 14.8. The van der Waals surface area contributed by atoms with Gasteiger partial charge in [-0.1, -0.05) is 0 Å². The number of aromatic nitrogens is 4. The molecule has 0 amide bonds. The van der Waals surface area contributed by atoms with Crippen LogP contribution in [0.4, 0.5) is 0 Å². The van der Waals surface area contributed by atoms with Gasteiger partial charge in [0.15, 0.2) is 0 Å². The van der Waals surface area contributed by atoms with Gasteiger partial charge in [0.1, 0.15) is 5.82 Å². The normalized spacial score (nSPS) is 18.9. The lowest BCUT2D eigenvalue weighted by Gasteiger charge is -2.33. The number of ether oxygens (including phenoxy) is 1. The van der Waals surface area contributed by atoms with E-state index in [0.717, 1.165) is 49.9 Å². The van der Waals surface area contributed by atoms with Crippen LogP contribution < -0.4 is 0 Å². The van der Waals surface area contributed by atoms with Crippen molar-refractivity contribution < 1.29 is 4.74 Å². The Balaban J connectivity index is 1.73. The Morgan fingerprint density at radius 2 is 2.29 bits per heavy atom. The number of rotatable bonds is 5. The maximum atomic E-state index is 5.17. The molecule has 3 rings (SSSR count). The number of imidazole rings is 1. The average molecular weight is 289 g/mol. The Labute approximate surface area is 125 Å². The first-order chi connectivity index (χ1) is 10.2. The summed E-state index contributed by atoms with van der Waals surface area (Å²) in [5.41, 5.74) is 3.48. The first-order valence-electron chi connectivity index (χ1n) is 7.47. The van der Waals surface area contributed by atoms with E-state index in [1.807, 2.05) is 13.1 Å². The highest BCUT2D eigenvalue weighted by Crippen LogP contribution is 2.26. The summed E-state index contributed by atoms with van der Waals surface area (Å²) in [7, 11) is 1.74. The van der Waals surface area contributed by atoms with E-state index in [4.69, 9.17) is 4.74 Å². The van der Waals surface area contributed by atoms with Gasteiger partial charge in [0.2, 0.25) is 0 Å². The van der Waals surface area contributed by atoms with Crippen molar-refractivity contribution in [1.82, 2.24) is 24.6 Å². The maximum absolute atomic E-state index is 5.17. The van der Waals surface area contributed by atoms with Gasteiger partial charge < -0.3 is 9.30 Å². The van der Waals surface area contributed by atoms with Crippen molar-refractivity contribution >= 4 is 0 Å². The molecule has 6 nitrogen and oxygen atoms in total. The average Bonchev–Trinajstić information content (AvgIpc) is 3.06. The predicted molar refractivity (Wildman–Crippen MR) is 80.0 cm³/mol. The minimum Gasteiger partial charge on any atom is -0.384 e. The fourth-order valence-corrected chi connectivity index (χ4v) is 2.99. The maximum Gasteiger partial charge on any atom is 0.126 e. The largest absolute Gasteiger partial charge is 0.384 e. The minimum absolute atomic E-state index is 0.312. The second-order valence-electron chi connectivity index (χ2n) is 5.69. The summed E-state index contributed by atoms with van der Waals surface area (Å²) < 4.78 is 7.52. The van der Waals surface area contributed by atoms with Gasteiger partial charge in [0.05, 0.1) is 18.3 Å². The van der Waals surface area contributed by atoms with Crippen molar-refractivity contribution in [2.45, 2.75) is 39.4 Å². The number of nitrogens with one attached hydrogen (secondary N) is 1. The van der Waals surface area contributed by atoms with E-state index < -0.39 is 0 Å². The highest BCUT2D eigenvalue weighted by atomic mass is 16.5. The molecule has 2 aromatic heterocycles. The third kappa shape index (κ3) is 2.87. The van der Waals surface area contributed by atoms with Crippen molar-refractivity contribution in [2.24, 2.45) is 0 Å². The van der Waals surface area contributed by atoms with Gasteiger partial charge in [-0.15, -0.1) is 0 Å². The predicted octanol–water partition coefficient (Wildman–Crippen LogP) is 1.68. The van der Waals surface area contributed by atoms with Gasteiger partial charge in [0, 0.05) is 50.7 Å². The molecule has 0 bridgehead atoms. The van der Waals surface area contributed by atoms with Crippen LogP contribution in [0.25, 0.3) is 0 Å². The molecule has 0 saturated carbocycles. The summed E-state index contributed by atoms with van der Waals surface area (Å²) in [5.74, 6) is 1.15. The van der Waals surface area contributed by atoms with Crippen LogP contribution in [0, 0.1) is 6.92 Å². The Morgan fingerprint density at radius 3 is 3.00 bits per heavy atom. The van der Waals surface area contributed by atoms with E-state index >= 15 is 0 Å². The summed E-state index contributed by atoms with van der Waals surface area (Å²) in [5, 5.41) is 7.34. The molecule has 21 heavy (non-hydrogen) atoms. The van der Waals surface area contributed by atoms with Crippen LogP contribution >= 0.6 is 0 Å². The standard InChI is InChI=1S/C15H23N5O/c1-11-8-13(18-17-11)10-19-5-6-20-14(4-7-21-3)9-16-15(20)12(19)2/h8-9,12H,4-7,10H2,1-3H3,(H,17,18)/t12-/m1/s1. The van der Waals surface area contributed by atoms with Crippen molar-refractivity contribution in [1.29, 1.82) is 0 Å². The molecule has 1 atom stereocenters. The zero-order valence-corrected chi connectivity index (χ0v) is 13.0. The molecule has 6 heteroatoms. The fraction of sp³-hybridized carbons (Fsp3) is 0.600. The van der Waals surface area contributed by atoms with Gasteiger partial charge in [-0.25, -0.2) is 4.98 Å². The molecular formula is C15H23N5O. The van der Waals surface area contributed by atoms with Crippen LogP contribution in [0.2, 0.25) is 0 Å². The Hall–Kier alpha value is -1.66. The van der Waals surface area contributed by atoms with Crippen LogP contribution in [-0.4, -0.2) is 44.9 Å². The smallest absolute Gasteiger partial charge is 0.126 e. The number of aromatic amines is 1. The SMILES string of the molecule is COCCc1cnc2n1CCN(Cc1cc(C)[nH]n1)[C@@H]2C. The summed E-state index contributed by atoms with van der Waals surface area (Å²) in [4.78, 5) is 7.05. The van der Waals surface area contributed by atoms with Crippen LogP contribution in [0.15, 0.2) is 12.3 Å². The minimum atomic E-state index is 0.312. The van der Waals surface area contributed by atoms with Crippen molar-refractivity contribution in [2.75, 3.05) is 20.3 Å². The third-order valence-corrected chi connectivity index (χ3v) is 4.19. The molecule has 3 heterocycles. The number of H-pyrrole nitrogens is 1. The number of methoxy groups -OCH3 is 1. The Morgan fingerprint density at radius 1 is 1.43 bits per heavy atom. The van der Waals surface area contributed by atoms with Crippen molar-refractivity contribution in [3.05, 3.63) is 35.2 Å². The number of hydrogen-bond donors (Lipinski definition) is 1. The zero-order valence-electron chi connectivity index (χ0n) is 13.0. The summed E-state index contributed by atoms with van der Waals surface area (Å²) in [6.45, 7) is 7.88. The van der Waals surface area contributed by atoms with E-state index in [-0.39, 0.29) is 0 Å². The Bertz CT molecular complexity index is 603. The lowest BCUT2D eigenvalue weighted by atomic mass is 10.2. The molecule has 1 aliphatic heterocycles. The van der Waals surface area contributed by atoms with Crippen molar-refractivity contribution in [3.8, 4) is 0 Å². The fourth-order valence-electron chi connectivity index (χ4n) is 2.99. The molecule has 2 aromatic rings. The quantitative estimate of drug-likeness (QED) is 0.910. The molecule has 114 valence electrons. The van der Waals surface area contributed by atoms with Crippen molar-refractivity contribution in [3.63, 3.8) is 0 Å². The molecule has 1 N–H and O–H groups in total. The van der Waals surface area contributed by atoms with Gasteiger partial charge >= 0.3 is 0 Å². The molecule has 0 radical (unpaired) electrons. The lowest BCUT2D eigenvalue weighted by Crippen LogP contribution is -2.37. The first-order valence-corrected chi connectivity index (χ1v) is 7.47. The van der Waals surface area contributed by atoms with Crippen LogP contribution in [0.5, 0.6) is 0 Å². The second-order valence-corrected chi connectivity index (χ2v) is 5.69. The number of hydrogen-bond acceptors (Lipinski definition) is 4. The summed E-state index contributed by atoms with van der Waals surface area (Å²) in [6.07, 6.45) is 2.92. The van der Waals surface area contributed by atoms with Gasteiger partial charge in [-0.3, -0.25) is 10.00 Å². The molecule has 0 fully saturated rings. The molecule has 0 aliphatic carbocycles. The first kappa shape index (κ1) is 14.3. The van der Waals surface area contributed by atoms with Gasteiger partial charge in [-0.05, 0) is 19.9 Å². The van der Waals surface area contributed by atoms with Crippen LogP contribution in [0.1, 0.15) is 35.9 Å². The van der Waals surface area contributed by atoms with E-state index in [1.54, 1.807) is 7.11 Å². The third-order valence-electron chi connectivity index (χ3n) is 4.19. The lowest BCUT2D eigenvalue weighted by molar-refractivity contribution is 0.151. The van der Waals surface area contributed by atoms with E-state index in [1.165, 1.54) is 5.69 Å². The molecule has 0 spiro atoms. The van der Waals surface area contributed by atoms with Crippen LogP contribution in [0.3, 0.4) is 0 Å². The highest BCUT2D eigenvalue weighted by Gasteiger charge is 2.27. The number of nitrogens with zero attached hydrogens (tertiary/aromatic N) is 4. The van der Waals surface area contributed by atoms with E-state index in [2.05, 4.69) is 37.6 Å². The number of aryl methyl sites for hydroxylation is 1. The molecule has 0 unspecified atom stereocenters. The number of fused-ring (bicyclic) bond motifs is 1. The second kappa shape index (κ2) is 5.99. The van der Waals surface area contributed by atoms with Gasteiger partial charge in [-0.2, -0.15) is 5.10 Å². The van der Waals surface area contributed by atoms with E-state index in [0.29, 0.717) is 6.04 Å². The molecule has 0 saturated heterocycles. The van der Waals surface area contributed by atoms with E-state index in [9.17, 15) is 0 Å². The highest BCUT2D eigenvalue weighted by molar-refractivity contribution is 5.13. The monoisotopic (exact) mass is 289 g/mol. The topological polar surface area (TPSA) is 59.0 Å².